The number of fused-ring (bicyclic) bond motifs is 1. The third kappa shape index (κ3) is 1.21. The van der Waals surface area contributed by atoms with Crippen LogP contribution in [0.15, 0.2) is 18.2 Å². The molecule has 0 radical (unpaired) electrons. The maximum Gasteiger partial charge on any atom is 0.180 e. The Morgan fingerprint density at radius 3 is 2.93 bits per heavy atom. The Morgan fingerprint density at radius 2 is 2.29 bits per heavy atom. The Balaban J connectivity index is 2.75. The van der Waals surface area contributed by atoms with Crippen molar-refractivity contribution < 1.29 is 9.59 Å². The van der Waals surface area contributed by atoms with E-state index < -0.39 is 0 Å². The lowest BCUT2D eigenvalue weighted by Gasteiger charge is -1.92. The van der Waals surface area contributed by atoms with E-state index in [-0.39, 0.29) is 5.78 Å². The summed E-state index contributed by atoms with van der Waals surface area (Å²) in [6.07, 6.45) is 0.746. The van der Waals surface area contributed by atoms with Crippen molar-refractivity contribution in [2.45, 2.75) is 6.92 Å². The number of ketones is 1. The lowest BCUT2D eigenvalue weighted by atomic mass is 10.1. The van der Waals surface area contributed by atoms with E-state index in [0.717, 1.165) is 11.8 Å². The molecule has 0 amide bonds. The van der Waals surface area contributed by atoms with Crippen molar-refractivity contribution in [1.29, 1.82) is 0 Å². The Labute approximate surface area is 79.9 Å². The molecule has 14 heavy (non-hydrogen) atoms. The summed E-state index contributed by atoms with van der Waals surface area (Å²) in [5.41, 5.74) is 1.69. The highest BCUT2D eigenvalue weighted by molar-refractivity contribution is 6.05. The maximum atomic E-state index is 11.1. The van der Waals surface area contributed by atoms with Gasteiger partial charge in [0.2, 0.25) is 0 Å². The second-order valence-corrected chi connectivity index (χ2v) is 3.05. The molecule has 0 bridgehead atoms. The number of carbonyl (C=O) groups excluding carboxylic acids is 2. The van der Waals surface area contributed by atoms with Gasteiger partial charge in [-0.1, -0.05) is 0 Å². The first kappa shape index (κ1) is 8.62. The highest BCUT2D eigenvalue weighted by atomic mass is 16.1. The molecule has 2 aromatic rings. The molecule has 1 aromatic carbocycles. The number of aromatic amines is 1. The molecule has 70 valence electrons. The van der Waals surface area contributed by atoms with Gasteiger partial charge in [0, 0.05) is 17.9 Å². The van der Waals surface area contributed by atoms with Crippen LogP contribution < -0.4 is 0 Å². The van der Waals surface area contributed by atoms with Crippen molar-refractivity contribution in [3.8, 4) is 0 Å². The molecule has 0 atom stereocenters. The van der Waals surface area contributed by atoms with Crippen LogP contribution in [0.3, 0.4) is 0 Å². The summed E-state index contributed by atoms with van der Waals surface area (Å²) >= 11 is 0. The summed E-state index contributed by atoms with van der Waals surface area (Å²) in [4.78, 5) is 21.7. The van der Waals surface area contributed by atoms with Crippen molar-refractivity contribution in [3.63, 3.8) is 0 Å². The van der Waals surface area contributed by atoms with E-state index in [0.29, 0.717) is 16.6 Å². The average Bonchev–Trinajstić information content (AvgIpc) is 2.59. The molecular weight excluding hydrogens is 180 g/mol. The predicted molar refractivity (Wildman–Crippen MR) is 51.5 cm³/mol. The number of Topliss-reactive ketones (excluding diaryl/α,β-unsaturated/α-hetero) is 1. The van der Waals surface area contributed by atoms with Gasteiger partial charge in [-0.3, -0.25) is 14.7 Å². The Morgan fingerprint density at radius 1 is 1.50 bits per heavy atom. The third-order valence-corrected chi connectivity index (χ3v) is 2.06. The van der Waals surface area contributed by atoms with E-state index in [4.69, 9.17) is 0 Å². The van der Waals surface area contributed by atoms with E-state index in [2.05, 4.69) is 10.2 Å². The molecule has 0 aliphatic carbocycles. The molecule has 4 nitrogen and oxygen atoms in total. The number of carbonyl (C=O) groups is 2. The van der Waals surface area contributed by atoms with E-state index in [1.807, 2.05) is 0 Å². The summed E-state index contributed by atoms with van der Waals surface area (Å²) in [6.45, 7) is 1.45. The third-order valence-electron chi connectivity index (χ3n) is 2.06. The van der Waals surface area contributed by atoms with Gasteiger partial charge in [0.25, 0.3) is 0 Å². The van der Waals surface area contributed by atoms with Crippen LogP contribution in [0.1, 0.15) is 27.8 Å². The lowest BCUT2D eigenvalue weighted by molar-refractivity contribution is 0.101. The van der Waals surface area contributed by atoms with Crippen molar-refractivity contribution in [2.75, 3.05) is 0 Å². The number of aldehydes is 1. The summed E-state index contributed by atoms with van der Waals surface area (Å²) in [5, 5.41) is 7.31. The first-order valence-electron chi connectivity index (χ1n) is 4.16. The van der Waals surface area contributed by atoms with E-state index in [9.17, 15) is 9.59 Å². The highest BCUT2D eigenvalue weighted by Crippen LogP contribution is 2.17. The molecule has 1 aromatic heterocycles. The highest BCUT2D eigenvalue weighted by Gasteiger charge is 2.09. The van der Waals surface area contributed by atoms with Gasteiger partial charge in [0.1, 0.15) is 12.0 Å². The molecule has 0 saturated carbocycles. The van der Waals surface area contributed by atoms with Crippen molar-refractivity contribution >= 4 is 23.0 Å². The fourth-order valence-corrected chi connectivity index (χ4v) is 1.37. The number of nitrogens with one attached hydrogen (secondary N) is 1. The van der Waals surface area contributed by atoms with Gasteiger partial charge >= 0.3 is 0 Å². The van der Waals surface area contributed by atoms with E-state index in [1.54, 1.807) is 18.2 Å². The van der Waals surface area contributed by atoms with Crippen LogP contribution in [0.2, 0.25) is 0 Å². The van der Waals surface area contributed by atoms with Gasteiger partial charge in [-0.05, 0) is 18.2 Å². The normalized spacial score (nSPS) is 10.4. The van der Waals surface area contributed by atoms with E-state index in [1.165, 1.54) is 6.92 Å². The minimum atomic E-state index is -0.112. The summed E-state index contributed by atoms with van der Waals surface area (Å²) in [5.74, 6) is -0.112. The zero-order valence-corrected chi connectivity index (χ0v) is 7.57. The minimum absolute atomic E-state index is 0.112. The monoisotopic (exact) mass is 188 g/mol. The van der Waals surface area contributed by atoms with Gasteiger partial charge < -0.3 is 0 Å². The zero-order chi connectivity index (χ0) is 10.1. The van der Waals surface area contributed by atoms with E-state index >= 15 is 0 Å². The molecule has 1 heterocycles. The number of hydrogen-bond donors (Lipinski definition) is 1. The van der Waals surface area contributed by atoms with Crippen molar-refractivity contribution in [3.05, 3.63) is 29.5 Å². The zero-order valence-electron chi connectivity index (χ0n) is 7.57. The number of H-pyrrole nitrogens is 1. The number of benzene rings is 1. The van der Waals surface area contributed by atoms with Gasteiger partial charge in [-0.25, -0.2) is 0 Å². The average molecular weight is 188 g/mol. The van der Waals surface area contributed by atoms with Gasteiger partial charge in [-0.2, -0.15) is 5.10 Å². The Bertz CT molecular complexity index is 514. The maximum absolute atomic E-state index is 11.1. The topological polar surface area (TPSA) is 62.8 Å². The first-order chi connectivity index (χ1) is 6.72. The van der Waals surface area contributed by atoms with Crippen LogP contribution in [0, 0.1) is 0 Å². The molecular formula is C10H8N2O2. The molecule has 1 N–H and O–H groups in total. The van der Waals surface area contributed by atoms with Crippen molar-refractivity contribution in [2.24, 2.45) is 0 Å². The fourth-order valence-electron chi connectivity index (χ4n) is 1.37. The predicted octanol–water partition coefficient (Wildman–Crippen LogP) is 1.58. The molecule has 0 spiro atoms. The van der Waals surface area contributed by atoms with Crippen LogP contribution in [-0.4, -0.2) is 22.3 Å². The Kier molecular flexibility index (Phi) is 1.89. The molecule has 0 unspecified atom stereocenters. The molecule has 4 heteroatoms. The lowest BCUT2D eigenvalue weighted by Crippen LogP contribution is -1.92. The number of rotatable bonds is 2. The van der Waals surface area contributed by atoms with Crippen LogP contribution in [-0.2, 0) is 0 Å². The van der Waals surface area contributed by atoms with Gasteiger partial charge in [0.05, 0.1) is 5.52 Å². The number of aromatic nitrogens is 2. The van der Waals surface area contributed by atoms with Gasteiger partial charge in [-0.15, -0.1) is 0 Å². The van der Waals surface area contributed by atoms with Crippen LogP contribution in [0.4, 0.5) is 0 Å². The van der Waals surface area contributed by atoms with Crippen LogP contribution >= 0.6 is 0 Å². The second kappa shape index (κ2) is 3.06. The largest absolute Gasteiger partial charge is 0.298 e. The molecule has 0 aliphatic rings. The SMILES string of the molecule is CC(=O)c1n[nH]c2ccc(C=O)cc12. The summed E-state index contributed by atoms with van der Waals surface area (Å²) in [6, 6.07) is 5.07. The quantitative estimate of drug-likeness (QED) is 0.574. The molecule has 0 fully saturated rings. The minimum Gasteiger partial charge on any atom is -0.298 e. The van der Waals surface area contributed by atoms with Crippen molar-refractivity contribution in [1.82, 2.24) is 10.2 Å². The molecule has 0 saturated heterocycles. The fraction of sp³-hybridized carbons (Fsp3) is 0.100. The second-order valence-electron chi connectivity index (χ2n) is 3.05. The first-order valence-corrected chi connectivity index (χ1v) is 4.16. The van der Waals surface area contributed by atoms with Crippen LogP contribution in [0.5, 0.6) is 0 Å². The molecule has 0 aliphatic heterocycles. The smallest absolute Gasteiger partial charge is 0.180 e. The van der Waals surface area contributed by atoms with Gasteiger partial charge in [0.15, 0.2) is 5.78 Å². The number of hydrogen-bond acceptors (Lipinski definition) is 3. The number of nitrogens with zero attached hydrogens (tertiary/aromatic N) is 1. The van der Waals surface area contributed by atoms with Crippen LogP contribution in [0.25, 0.3) is 10.9 Å². The Hall–Kier alpha value is -1.97. The molecule has 2 rings (SSSR count). The summed E-state index contributed by atoms with van der Waals surface area (Å²) < 4.78 is 0. The summed E-state index contributed by atoms with van der Waals surface area (Å²) in [7, 11) is 0. The standard InChI is InChI=1S/C10H8N2O2/c1-6(14)10-8-4-7(5-13)2-3-9(8)11-12-10/h2-5H,1H3,(H,11,12).